The maximum Gasteiger partial charge on any atom is 0.488 e. The first-order valence-corrected chi connectivity index (χ1v) is 37.4. The van der Waals surface area contributed by atoms with Gasteiger partial charge in [-0.3, -0.25) is 14.4 Å². The summed E-state index contributed by atoms with van der Waals surface area (Å²) in [5.41, 5.74) is 11.5. The number of hydrogen-bond donors (Lipinski definition) is 5. The molecule has 0 atom stereocenters. The third-order valence-electron chi connectivity index (χ3n) is 17.2. The summed E-state index contributed by atoms with van der Waals surface area (Å²) in [5, 5.41) is 48.7. The van der Waals surface area contributed by atoms with E-state index in [1.54, 1.807) is 12.1 Å². The zero-order valence-corrected chi connectivity index (χ0v) is 61.6. The minimum Gasteiger partial charge on any atom is -0.427 e. The Kier molecular flexibility index (Phi) is 34.7. The summed E-state index contributed by atoms with van der Waals surface area (Å²) in [7, 11) is -1.10. The van der Waals surface area contributed by atoms with Gasteiger partial charge in [0, 0.05) is 127 Å². The Hall–Kier alpha value is -8.90. The summed E-state index contributed by atoms with van der Waals surface area (Å²) in [6.45, 7) is 19.5. The molecule has 0 radical (unpaired) electrons. The number of carbonyl (C=O) groups is 3. The van der Waals surface area contributed by atoms with Gasteiger partial charge in [0.1, 0.15) is 0 Å². The third-order valence-corrected chi connectivity index (χ3v) is 18.2. The van der Waals surface area contributed by atoms with Crippen molar-refractivity contribution < 1.29 is 47.7 Å². The first-order valence-electron chi connectivity index (χ1n) is 36.3. The highest BCUT2D eigenvalue weighted by molar-refractivity contribution is 7.99. The van der Waals surface area contributed by atoms with Gasteiger partial charge in [0.15, 0.2) is 0 Å². The number of likely N-dealkylation sites (N-methyl/N-ethyl adjacent to an activating group) is 1. The van der Waals surface area contributed by atoms with E-state index in [2.05, 4.69) is 193 Å². The lowest BCUT2D eigenvalue weighted by molar-refractivity contribution is -0.167. The number of unbranched alkanes of at least 4 members (excludes halogenated alkanes) is 6. The van der Waals surface area contributed by atoms with Gasteiger partial charge < -0.3 is 43.7 Å². The van der Waals surface area contributed by atoms with Crippen LogP contribution in [0.25, 0.3) is 87.2 Å². The lowest BCUT2D eigenvalue weighted by Gasteiger charge is -2.08. The smallest absolute Gasteiger partial charge is 0.427 e. The number of amides is 1. The van der Waals surface area contributed by atoms with Gasteiger partial charge >= 0.3 is 20.4 Å². The van der Waals surface area contributed by atoms with Gasteiger partial charge in [0.25, 0.3) is 5.91 Å². The number of aryl methyl sites for hydroxylation is 3. The van der Waals surface area contributed by atoms with E-state index in [1.807, 2.05) is 91.8 Å². The molecule has 18 heteroatoms. The average molecular weight is 1400 g/mol. The van der Waals surface area contributed by atoms with E-state index in [9.17, 15) is 37.6 Å². The van der Waals surface area contributed by atoms with Crippen LogP contribution in [0.1, 0.15) is 125 Å². The van der Waals surface area contributed by atoms with Gasteiger partial charge in [-0.1, -0.05) is 251 Å². The maximum absolute atomic E-state index is 12.1. The second kappa shape index (κ2) is 43.1. The number of hydrogen-bond acceptors (Lipinski definition) is 8. The first kappa shape index (κ1) is 82.1. The number of thioether (sulfide) groups is 1. The second-order valence-corrected chi connectivity index (χ2v) is 24.6. The average Bonchev–Trinajstić information content (AvgIpc) is 1.64. The molecule has 0 saturated carbocycles. The Morgan fingerprint density at radius 1 is 0.392 bits per heavy atom. The normalized spacial score (nSPS) is 10.8. The molecule has 13 aromatic rings. The van der Waals surface area contributed by atoms with Crippen molar-refractivity contribution in [2.24, 2.45) is 0 Å². The predicted octanol–water partition coefficient (Wildman–Crippen LogP) is 19.6. The predicted molar refractivity (Wildman–Crippen MR) is 427 cm³/mol. The van der Waals surface area contributed by atoms with Crippen LogP contribution in [0.2, 0.25) is 6.32 Å². The lowest BCUT2D eigenvalue weighted by atomic mass is 9.80. The van der Waals surface area contributed by atoms with Gasteiger partial charge in [-0.05, 0) is 104 Å². The number of Topliss-reactive ketones (excluding diaryl/α,β-unsaturated/α-hetero) is 2. The standard InChI is InChI=1S/C20H20F3NOS.C20H22N2O2.C19H16BNO2.C17H20BNO2.4C2H6/c21-20(22,23)19(25)14-26-13-7-1-6-12-24-17-10-4-2-8-15(17)16-9-3-5-11-18(16)24;1-21-20(24)19(23)13-3-2-8-14-22-17-11-6-4-9-15(17)16-10-5-7-12-18(16)22;22-20(23)15-11-9-14(10-12-15)13-21-18-7-3-1-5-16(18)17-6-2-4-8-19(17)21;20-18(21)12-6-1-7-13-19-16-10-4-2-8-14(16)15-9-3-5-11-17(15)19;4*1-2/h2-5,8-11H,1,6-7,12-14H2;4-7,9-12H,2-3,8,13-14H2,1H3,(H,21,24);1-12,22-23H,13H2;2-5,8-11,20-21H,1,6-7,12-13H2;4*1-2H3. The van der Waals surface area contributed by atoms with Crippen molar-refractivity contribution in [1.82, 2.24) is 23.6 Å². The minimum absolute atomic E-state index is 0.325. The van der Waals surface area contributed by atoms with Crippen molar-refractivity contribution in [3.05, 3.63) is 224 Å². The Morgan fingerprint density at radius 2 is 0.686 bits per heavy atom. The number of ketones is 2. The van der Waals surface area contributed by atoms with E-state index >= 15 is 0 Å². The molecule has 1 amide bonds. The molecule has 0 fully saturated rings. The van der Waals surface area contributed by atoms with Crippen LogP contribution >= 0.6 is 11.8 Å². The van der Waals surface area contributed by atoms with Gasteiger partial charge in [-0.15, -0.1) is 0 Å². The molecule has 5 N–H and O–H groups in total. The highest BCUT2D eigenvalue weighted by atomic mass is 32.2. The topological polar surface area (TPSA) is 164 Å². The van der Waals surface area contributed by atoms with Crippen LogP contribution in [0.4, 0.5) is 13.2 Å². The molecule has 12 nitrogen and oxygen atoms in total. The van der Waals surface area contributed by atoms with E-state index in [4.69, 9.17) is 10.0 Å². The van der Waals surface area contributed by atoms with E-state index in [-0.39, 0.29) is 5.78 Å². The van der Waals surface area contributed by atoms with Crippen LogP contribution in [0.3, 0.4) is 0 Å². The van der Waals surface area contributed by atoms with Crippen LogP contribution in [0.5, 0.6) is 0 Å². The molecule has 0 aliphatic heterocycles. The Labute approximate surface area is 604 Å². The highest BCUT2D eigenvalue weighted by Gasteiger charge is 2.37. The summed E-state index contributed by atoms with van der Waals surface area (Å²) in [4.78, 5) is 33.5. The van der Waals surface area contributed by atoms with Crippen LogP contribution in [-0.2, 0) is 40.6 Å². The maximum atomic E-state index is 12.1. The number of rotatable bonds is 24. The number of carbonyl (C=O) groups excluding carboxylic acids is 3. The number of nitrogens with one attached hydrogen (secondary N) is 1. The fourth-order valence-electron chi connectivity index (χ4n) is 12.5. The van der Waals surface area contributed by atoms with Crippen molar-refractivity contribution in [1.29, 1.82) is 0 Å². The lowest BCUT2D eigenvalue weighted by Crippen LogP contribution is -2.29. The molecule has 0 aliphatic rings. The monoisotopic (exact) mass is 1400 g/mol. The van der Waals surface area contributed by atoms with Gasteiger partial charge in [-0.2, -0.15) is 24.9 Å². The number of alkyl halides is 3. The summed E-state index contributed by atoms with van der Waals surface area (Å²) < 4.78 is 45.7. The molecule has 0 saturated heterocycles. The van der Waals surface area contributed by atoms with Crippen molar-refractivity contribution in [2.75, 3.05) is 18.6 Å². The fourth-order valence-corrected chi connectivity index (χ4v) is 13.4. The summed E-state index contributed by atoms with van der Waals surface area (Å²) in [6.07, 6.45) is 4.38. The largest absolute Gasteiger partial charge is 0.488 e. The highest BCUT2D eigenvalue weighted by Crippen LogP contribution is 2.33. The van der Waals surface area contributed by atoms with E-state index < -0.39 is 37.9 Å². The molecule has 538 valence electrons. The SMILES string of the molecule is CC.CC.CC.CC.CNC(=O)C(=O)CCCCCn1c2ccccc2c2ccccc21.O=C(CSCCCCCn1c2ccccc2c2ccccc21)C(F)(F)F.OB(O)CCCCCn1c2ccccc2c2ccccc21.OB(O)c1ccc(Cn2c3ccccc3c3ccccc32)cc1. The van der Waals surface area contributed by atoms with E-state index in [0.717, 1.165) is 101 Å². The van der Waals surface area contributed by atoms with Crippen LogP contribution < -0.4 is 10.8 Å². The van der Waals surface area contributed by atoms with Crippen molar-refractivity contribution >= 4 is 136 Å². The summed E-state index contributed by atoms with van der Waals surface area (Å²) >= 11 is 1.06. The minimum atomic E-state index is -4.70. The number of nitrogens with zero attached hydrogens (tertiary/aromatic N) is 4. The van der Waals surface area contributed by atoms with Crippen LogP contribution in [0.15, 0.2) is 218 Å². The van der Waals surface area contributed by atoms with E-state index in [1.165, 1.54) is 94.3 Å². The Balaban J connectivity index is 0.000000207. The summed E-state index contributed by atoms with van der Waals surface area (Å²) in [6, 6.07) is 74.8. The van der Waals surface area contributed by atoms with Crippen molar-refractivity contribution in [2.45, 2.75) is 158 Å². The van der Waals surface area contributed by atoms with Crippen LogP contribution in [0, 0.1) is 0 Å². The zero-order valence-electron chi connectivity index (χ0n) is 60.8. The van der Waals surface area contributed by atoms with Crippen LogP contribution in [-0.4, -0.2) is 94.8 Å². The van der Waals surface area contributed by atoms with Gasteiger partial charge in [-0.25, -0.2) is 0 Å². The third kappa shape index (κ3) is 22.1. The molecule has 0 bridgehead atoms. The second-order valence-electron chi connectivity index (χ2n) is 23.5. The Bertz CT molecular complexity index is 4460. The first-order chi connectivity index (χ1) is 49.7. The zero-order chi connectivity index (χ0) is 74.0. The number of halogens is 3. The molecule has 0 aliphatic carbocycles. The number of benzene rings is 9. The molecule has 9 aromatic carbocycles. The quantitative estimate of drug-likeness (QED) is 0.0227. The molecular weight excluding hydrogens is 1300 g/mol. The molecule has 0 spiro atoms. The molecule has 0 unspecified atom stereocenters. The fraction of sp³-hybridized carbons (Fsp3) is 0.321. The van der Waals surface area contributed by atoms with Crippen molar-refractivity contribution in [3.8, 4) is 0 Å². The van der Waals surface area contributed by atoms with Gasteiger partial charge in [0.2, 0.25) is 11.6 Å². The summed E-state index contributed by atoms with van der Waals surface area (Å²) in [5.74, 6) is -2.36. The molecule has 4 aromatic heterocycles. The molecular formula is C84H102B2F3N5O7S. The Morgan fingerprint density at radius 3 is 0.980 bits per heavy atom. The van der Waals surface area contributed by atoms with E-state index in [0.29, 0.717) is 24.0 Å². The van der Waals surface area contributed by atoms with Crippen molar-refractivity contribution in [3.63, 3.8) is 0 Å². The molecule has 13 rings (SSSR count). The number of para-hydroxylation sites is 8. The number of fused-ring (bicyclic) bond motifs is 12. The molecule has 102 heavy (non-hydrogen) atoms. The number of aromatic nitrogens is 4. The van der Waals surface area contributed by atoms with Gasteiger partial charge in [0.05, 0.1) is 5.75 Å². The molecule has 4 heterocycles.